The van der Waals surface area contributed by atoms with E-state index in [9.17, 15) is 23.1 Å². The fourth-order valence-electron chi connectivity index (χ4n) is 1.88. The molecular formula is C12H9F3O4. The molecule has 1 atom stereocenters. The van der Waals surface area contributed by atoms with Gasteiger partial charge in [0.2, 0.25) is 0 Å². The molecule has 0 fully saturated rings. The van der Waals surface area contributed by atoms with E-state index in [1.165, 1.54) is 6.92 Å². The summed E-state index contributed by atoms with van der Waals surface area (Å²) >= 11 is 0. The van der Waals surface area contributed by atoms with Crippen molar-refractivity contribution in [2.75, 3.05) is 0 Å². The smallest absolute Gasteiger partial charge is 0.416 e. The molecular weight excluding hydrogens is 265 g/mol. The van der Waals surface area contributed by atoms with Gasteiger partial charge in [-0.1, -0.05) is 0 Å². The molecule has 0 saturated carbocycles. The highest BCUT2D eigenvalue weighted by Crippen LogP contribution is 2.36. The zero-order valence-corrected chi connectivity index (χ0v) is 9.65. The van der Waals surface area contributed by atoms with E-state index in [1.807, 2.05) is 0 Å². The van der Waals surface area contributed by atoms with Crippen LogP contribution in [0.1, 0.15) is 23.0 Å². The van der Waals surface area contributed by atoms with Gasteiger partial charge in [0.15, 0.2) is 6.10 Å². The molecule has 1 aromatic heterocycles. The first-order valence-corrected chi connectivity index (χ1v) is 5.23. The van der Waals surface area contributed by atoms with Gasteiger partial charge in [-0.15, -0.1) is 0 Å². The number of hydrogen-bond acceptors (Lipinski definition) is 3. The number of carboxylic acids is 1. The van der Waals surface area contributed by atoms with Crippen molar-refractivity contribution in [1.82, 2.24) is 0 Å². The molecule has 0 saturated heterocycles. The third kappa shape index (κ3) is 2.28. The van der Waals surface area contributed by atoms with Crippen LogP contribution >= 0.6 is 0 Å². The van der Waals surface area contributed by atoms with Gasteiger partial charge in [0.25, 0.3) is 0 Å². The molecule has 102 valence electrons. The first-order valence-electron chi connectivity index (χ1n) is 5.23. The molecule has 19 heavy (non-hydrogen) atoms. The molecule has 0 bridgehead atoms. The molecule has 4 nitrogen and oxygen atoms in total. The lowest BCUT2D eigenvalue weighted by molar-refractivity contribution is -0.147. The molecule has 2 N–H and O–H groups in total. The third-order valence-corrected chi connectivity index (χ3v) is 2.75. The zero-order chi connectivity index (χ0) is 14.4. The molecule has 0 aliphatic rings. The Kier molecular flexibility index (Phi) is 3.01. The second kappa shape index (κ2) is 4.27. The summed E-state index contributed by atoms with van der Waals surface area (Å²) in [7, 11) is 0. The van der Waals surface area contributed by atoms with Gasteiger partial charge in [0.1, 0.15) is 11.3 Å². The number of rotatable bonds is 2. The van der Waals surface area contributed by atoms with E-state index >= 15 is 0 Å². The van der Waals surface area contributed by atoms with Crippen molar-refractivity contribution in [2.45, 2.75) is 19.2 Å². The number of aliphatic hydroxyl groups is 1. The second-order valence-corrected chi connectivity index (χ2v) is 4.02. The molecule has 1 aromatic carbocycles. The summed E-state index contributed by atoms with van der Waals surface area (Å²) in [6.45, 7) is 1.38. The number of hydrogen-bond donors (Lipinski definition) is 2. The minimum atomic E-state index is -4.55. The Bertz CT molecular complexity index is 642. The van der Waals surface area contributed by atoms with Gasteiger partial charge in [0, 0.05) is 10.9 Å². The molecule has 0 amide bonds. The number of aliphatic hydroxyl groups excluding tert-OH is 1. The Morgan fingerprint density at radius 1 is 1.37 bits per heavy atom. The van der Waals surface area contributed by atoms with E-state index in [1.54, 1.807) is 0 Å². The predicted molar refractivity (Wildman–Crippen MR) is 58.5 cm³/mol. The molecule has 2 rings (SSSR count). The normalized spacial score (nSPS) is 13.7. The number of carbonyl (C=O) groups is 1. The maximum atomic E-state index is 12.6. The topological polar surface area (TPSA) is 70.7 Å². The van der Waals surface area contributed by atoms with Gasteiger partial charge in [-0.2, -0.15) is 13.2 Å². The van der Waals surface area contributed by atoms with E-state index in [4.69, 9.17) is 9.52 Å². The van der Waals surface area contributed by atoms with Crippen molar-refractivity contribution in [3.8, 4) is 0 Å². The van der Waals surface area contributed by atoms with E-state index < -0.39 is 23.8 Å². The second-order valence-electron chi connectivity index (χ2n) is 4.02. The van der Waals surface area contributed by atoms with Gasteiger partial charge in [-0.3, -0.25) is 0 Å². The fraction of sp³-hybridized carbons (Fsp3) is 0.250. The van der Waals surface area contributed by atoms with Crippen LogP contribution in [0.15, 0.2) is 22.6 Å². The van der Waals surface area contributed by atoms with Crippen molar-refractivity contribution in [2.24, 2.45) is 0 Å². The largest absolute Gasteiger partial charge is 0.479 e. The number of fused-ring (bicyclic) bond motifs is 1. The highest BCUT2D eigenvalue weighted by Gasteiger charge is 2.32. The molecule has 0 aliphatic heterocycles. The van der Waals surface area contributed by atoms with Crippen LogP contribution in [0.3, 0.4) is 0 Å². The molecule has 1 heterocycles. The average molecular weight is 274 g/mol. The molecule has 0 radical (unpaired) electrons. The lowest BCUT2D eigenvalue weighted by Crippen LogP contribution is -2.11. The Morgan fingerprint density at radius 3 is 2.53 bits per heavy atom. The minimum Gasteiger partial charge on any atom is -0.479 e. The Morgan fingerprint density at radius 2 is 2.00 bits per heavy atom. The Balaban J connectivity index is 2.70. The van der Waals surface area contributed by atoms with Gasteiger partial charge in [0.05, 0.1) is 5.56 Å². The van der Waals surface area contributed by atoms with Crippen molar-refractivity contribution in [3.63, 3.8) is 0 Å². The lowest BCUT2D eigenvalue weighted by Gasteiger charge is -2.07. The number of halogens is 3. The van der Waals surface area contributed by atoms with E-state index in [2.05, 4.69) is 0 Å². The third-order valence-electron chi connectivity index (χ3n) is 2.75. The van der Waals surface area contributed by atoms with Crippen molar-refractivity contribution >= 4 is 16.9 Å². The number of aryl methyl sites for hydroxylation is 1. The lowest BCUT2D eigenvalue weighted by atomic mass is 10.0. The molecule has 2 aromatic rings. The monoisotopic (exact) mass is 274 g/mol. The summed E-state index contributed by atoms with van der Waals surface area (Å²) in [5, 5.41) is 18.2. The standard InChI is InChI=1S/C12H9F3O4/c1-5-9(10(16)11(17)18)7-4-6(12(13,14)15)2-3-8(7)19-5/h2-4,10,16H,1H3,(H,17,18). The first-order chi connectivity index (χ1) is 8.71. The summed E-state index contributed by atoms with van der Waals surface area (Å²) < 4.78 is 43.0. The number of carboxylic acid groups (broad SMARTS) is 1. The number of furan rings is 1. The van der Waals surface area contributed by atoms with Crippen molar-refractivity contribution < 1.29 is 32.6 Å². The van der Waals surface area contributed by atoms with Crippen molar-refractivity contribution in [1.29, 1.82) is 0 Å². The van der Waals surface area contributed by atoms with Gasteiger partial charge < -0.3 is 14.6 Å². The maximum absolute atomic E-state index is 12.6. The fourth-order valence-corrected chi connectivity index (χ4v) is 1.88. The molecule has 1 unspecified atom stereocenters. The van der Waals surface area contributed by atoms with Crippen LogP contribution in [0.2, 0.25) is 0 Å². The van der Waals surface area contributed by atoms with E-state index in [0.29, 0.717) is 0 Å². The van der Waals surface area contributed by atoms with E-state index in [-0.39, 0.29) is 22.3 Å². The van der Waals surface area contributed by atoms with E-state index in [0.717, 1.165) is 18.2 Å². The van der Waals surface area contributed by atoms with Crippen LogP contribution in [0.25, 0.3) is 11.0 Å². The van der Waals surface area contributed by atoms with Crippen LogP contribution in [0.5, 0.6) is 0 Å². The van der Waals surface area contributed by atoms with Crippen LogP contribution in [0, 0.1) is 6.92 Å². The SMILES string of the molecule is Cc1oc2ccc(C(F)(F)F)cc2c1C(O)C(=O)O. The summed E-state index contributed by atoms with van der Waals surface area (Å²) in [5.41, 5.74) is -0.992. The van der Waals surface area contributed by atoms with Gasteiger partial charge >= 0.3 is 12.1 Å². The summed E-state index contributed by atoms with van der Waals surface area (Å²) in [6, 6.07) is 2.71. The van der Waals surface area contributed by atoms with Crippen molar-refractivity contribution in [3.05, 3.63) is 35.1 Å². The van der Waals surface area contributed by atoms with Gasteiger partial charge in [-0.05, 0) is 25.1 Å². The molecule has 0 spiro atoms. The average Bonchev–Trinajstić information content (AvgIpc) is 2.61. The Labute approximate surface area is 105 Å². The van der Waals surface area contributed by atoms with Gasteiger partial charge in [-0.25, -0.2) is 4.79 Å². The van der Waals surface area contributed by atoms with Crippen LogP contribution in [-0.4, -0.2) is 16.2 Å². The summed E-state index contributed by atoms with van der Waals surface area (Å²) in [5.74, 6) is -1.48. The van der Waals surface area contributed by atoms with Crippen LogP contribution < -0.4 is 0 Å². The highest BCUT2D eigenvalue weighted by molar-refractivity contribution is 5.88. The summed E-state index contributed by atoms with van der Waals surface area (Å²) in [6.07, 6.45) is -6.48. The van der Waals surface area contributed by atoms with Crippen LogP contribution in [-0.2, 0) is 11.0 Å². The molecule has 7 heteroatoms. The summed E-state index contributed by atoms with van der Waals surface area (Å²) in [4.78, 5) is 10.8. The predicted octanol–water partition coefficient (Wildman–Crippen LogP) is 2.88. The number of alkyl halides is 3. The quantitative estimate of drug-likeness (QED) is 0.883. The zero-order valence-electron chi connectivity index (χ0n) is 9.65. The van der Waals surface area contributed by atoms with Crippen LogP contribution in [0.4, 0.5) is 13.2 Å². The maximum Gasteiger partial charge on any atom is 0.416 e. The number of aliphatic carboxylic acids is 1. The Hall–Kier alpha value is -2.02. The highest BCUT2D eigenvalue weighted by atomic mass is 19.4. The first kappa shape index (κ1) is 13.4. The number of benzene rings is 1. The minimum absolute atomic E-state index is 0.0535. The molecule has 0 aliphatic carbocycles.